The summed E-state index contributed by atoms with van der Waals surface area (Å²) in [6.45, 7) is 6.12. The van der Waals surface area contributed by atoms with Crippen LogP contribution in [0.2, 0.25) is 0 Å². The van der Waals surface area contributed by atoms with Crippen molar-refractivity contribution in [2.24, 2.45) is 0 Å². The van der Waals surface area contributed by atoms with Gasteiger partial charge in [0.05, 0.1) is 0 Å². The van der Waals surface area contributed by atoms with Crippen LogP contribution in [0.5, 0.6) is 0 Å². The molecule has 0 saturated carbocycles. The zero-order valence-corrected chi connectivity index (χ0v) is 17.6. The molecule has 0 heterocycles. The molecule has 0 atom stereocenters. The van der Waals surface area contributed by atoms with E-state index in [2.05, 4.69) is 13.8 Å². The van der Waals surface area contributed by atoms with Gasteiger partial charge in [-0.1, -0.05) is 64.7 Å². The Labute approximate surface area is 173 Å². The van der Waals surface area contributed by atoms with Crippen molar-refractivity contribution in [2.45, 2.75) is 71.1 Å². The molecule has 146 valence electrons. The van der Waals surface area contributed by atoms with Crippen molar-refractivity contribution in [1.82, 2.24) is 0 Å². The molecule has 0 bridgehead atoms. The first-order valence-corrected chi connectivity index (χ1v) is 9.90. The normalized spacial score (nSPS) is 10.1. The van der Waals surface area contributed by atoms with Gasteiger partial charge >= 0.3 is 50.4 Å². The summed E-state index contributed by atoms with van der Waals surface area (Å²) in [6.07, 6.45) is 13.9. The molecule has 0 radical (unpaired) electrons. The standard InChI is InChI=1S/C12H25.Na.2H2O4S.H4Si/c1-3-5-7-9-11-12-10-8-6-4-2;;2*1-5(2,3)4;/h1,3-12H2,2H3;;2*(H2,1,2,3,4);1H4/q-1;+1;;;. The van der Waals surface area contributed by atoms with Crippen LogP contribution in [-0.2, 0) is 20.8 Å². The van der Waals surface area contributed by atoms with Gasteiger partial charge in [-0.25, -0.2) is 0 Å². The van der Waals surface area contributed by atoms with Gasteiger partial charge in [0.15, 0.2) is 0 Å². The Bertz CT molecular complexity index is 359. The fraction of sp³-hybridized carbons (Fsp3) is 0.917. The Morgan fingerprint density at radius 1 is 0.667 bits per heavy atom. The summed E-state index contributed by atoms with van der Waals surface area (Å²) in [4.78, 5) is 0. The first kappa shape index (κ1) is 36.0. The monoisotopic (exact) mass is 420 g/mol. The zero-order valence-electron chi connectivity index (χ0n) is 14.0. The van der Waals surface area contributed by atoms with E-state index in [-0.39, 0.29) is 40.5 Å². The van der Waals surface area contributed by atoms with Gasteiger partial charge in [0.1, 0.15) is 0 Å². The summed E-state index contributed by atoms with van der Waals surface area (Å²) in [6, 6.07) is 0. The van der Waals surface area contributed by atoms with Crippen LogP contribution in [0.3, 0.4) is 0 Å². The van der Waals surface area contributed by atoms with Gasteiger partial charge in [0, 0.05) is 0 Å². The van der Waals surface area contributed by atoms with Crippen molar-refractivity contribution < 1.29 is 64.6 Å². The van der Waals surface area contributed by atoms with E-state index in [0.29, 0.717) is 0 Å². The topological polar surface area (TPSA) is 149 Å². The maximum absolute atomic E-state index is 8.74. The average Bonchev–Trinajstić information content (AvgIpc) is 2.28. The number of rotatable bonds is 9. The van der Waals surface area contributed by atoms with Crippen LogP contribution in [0, 0.1) is 6.92 Å². The summed E-state index contributed by atoms with van der Waals surface area (Å²) in [5, 5.41) is 0. The Morgan fingerprint density at radius 2 is 0.875 bits per heavy atom. The Hall–Kier alpha value is 0.957. The molecule has 0 aromatic carbocycles. The maximum atomic E-state index is 8.74. The smallest absolute Gasteiger partial charge is 0.343 e. The SMILES string of the molecule is O=S(=O)(O)O.O=S(=O)(O)O.[CH2-]CCCCCCCCCCC.[Na+].[SiH4]. The van der Waals surface area contributed by atoms with Crippen LogP contribution in [0.1, 0.15) is 71.1 Å². The van der Waals surface area contributed by atoms with Crippen molar-refractivity contribution in [2.75, 3.05) is 0 Å². The van der Waals surface area contributed by atoms with E-state index < -0.39 is 20.8 Å². The molecule has 24 heavy (non-hydrogen) atoms. The second kappa shape index (κ2) is 24.0. The molecular weight excluding hydrogens is 387 g/mol. The molecule has 0 rings (SSSR count). The third-order valence-corrected chi connectivity index (χ3v) is 2.35. The van der Waals surface area contributed by atoms with Crippen LogP contribution in [0.4, 0.5) is 0 Å². The second-order valence-corrected chi connectivity index (χ2v) is 6.37. The quantitative estimate of drug-likeness (QED) is 0.160. The van der Waals surface area contributed by atoms with Crippen molar-refractivity contribution in [3.05, 3.63) is 6.92 Å². The summed E-state index contributed by atoms with van der Waals surface area (Å²) in [5.74, 6) is 0. The van der Waals surface area contributed by atoms with Gasteiger partial charge in [0.25, 0.3) is 0 Å². The summed E-state index contributed by atoms with van der Waals surface area (Å²) in [5.41, 5.74) is 0. The summed E-state index contributed by atoms with van der Waals surface area (Å²) in [7, 11) is -9.33. The largest absolute Gasteiger partial charge is 1.00 e. The minimum Gasteiger partial charge on any atom is -0.343 e. The molecular formula is C12H33NaO8S2Si. The summed E-state index contributed by atoms with van der Waals surface area (Å²) < 4.78 is 63.2. The van der Waals surface area contributed by atoms with Crippen LogP contribution in [0.25, 0.3) is 0 Å². The molecule has 0 aromatic rings. The fourth-order valence-corrected chi connectivity index (χ4v) is 1.49. The van der Waals surface area contributed by atoms with Gasteiger partial charge < -0.3 is 6.92 Å². The van der Waals surface area contributed by atoms with E-state index in [1.165, 1.54) is 57.8 Å². The molecule has 0 amide bonds. The Balaban J connectivity index is -0.0000000847. The molecule has 0 fully saturated rings. The van der Waals surface area contributed by atoms with Crippen molar-refractivity contribution in [3.63, 3.8) is 0 Å². The van der Waals surface area contributed by atoms with Crippen LogP contribution < -0.4 is 29.6 Å². The van der Waals surface area contributed by atoms with Crippen LogP contribution in [-0.4, -0.2) is 46.0 Å². The van der Waals surface area contributed by atoms with Gasteiger partial charge in [-0.2, -0.15) is 23.3 Å². The van der Waals surface area contributed by atoms with Gasteiger partial charge in [-0.15, -0.1) is 0 Å². The average molecular weight is 421 g/mol. The molecule has 0 spiro atoms. The number of hydrogen-bond acceptors (Lipinski definition) is 4. The minimum atomic E-state index is -4.67. The molecule has 0 aliphatic carbocycles. The first-order valence-electron chi connectivity index (χ1n) is 7.10. The molecule has 0 unspecified atom stereocenters. The molecule has 0 saturated heterocycles. The van der Waals surface area contributed by atoms with Crippen molar-refractivity contribution in [1.29, 1.82) is 0 Å². The third-order valence-electron chi connectivity index (χ3n) is 2.35. The summed E-state index contributed by atoms with van der Waals surface area (Å²) >= 11 is 0. The molecule has 0 aliphatic heterocycles. The number of hydrogen-bond donors (Lipinski definition) is 4. The zero-order chi connectivity index (χ0) is 18.1. The fourth-order valence-electron chi connectivity index (χ4n) is 1.49. The minimum absolute atomic E-state index is 0. The Kier molecular flexibility index (Phi) is 35.9. The third kappa shape index (κ3) is 112. The van der Waals surface area contributed by atoms with E-state index in [0.717, 1.165) is 6.42 Å². The van der Waals surface area contributed by atoms with Gasteiger partial charge in [0.2, 0.25) is 0 Å². The molecule has 0 aliphatic rings. The molecule has 4 N–H and O–H groups in total. The molecule has 0 aromatic heterocycles. The number of unbranched alkanes of at least 4 members (excludes halogenated alkanes) is 9. The first-order chi connectivity index (χ1) is 9.91. The van der Waals surface area contributed by atoms with Crippen LogP contribution in [0.15, 0.2) is 0 Å². The van der Waals surface area contributed by atoms with E-state index in [4.69, 9.17) is 35.0 Å². The predicted octanol–water partition coefficient (Wildman–Crippen LogP) is -1.01. The maximum Gasteiger partial charge on any atom is 1.00 e. The molecule has 8 nitrogen and oxygen atoms in total. The van der Waals surface area contributed by atoms with Gasteiger partial charge in [-0.3, -0.25) is 18.2 Å². The Morgan fingerprint density at radius 3 is 1.08 bits per heavy atom. The van der Waals surface area contributed by atoms with Gasteiger partial charge in [-0.05, 0) is 11.0 Å². The van der Waals surface area contributed by atoms with E-state index in [1.54, 1.807) is 0 Å². The second-order valence-electron chi connectivity index (χ2n) is 4.58. The van der Waals surface area contributed by atoms with E-state index in [1.807, 2.05) is 0 Å². The predicted molar refractivity (Wildman–Crippen MR) is 96.9 cm³/mol. The van der Waals surface area contributed by atoms with E-state index in [9.17, 15) is 0 Å². The van der Waals surface area contributed by atoms with E-state index >= 15 is 0 Å². The van der Waals surface area contributed by atoms with Crippen molar-refractivity contribution in [3.8, 4) is 0 Å². The van der Waals surface area contributed by atoms with Crippen molar-refractivity contribution >= 4 is 31.8 Å². The molecule has 12 heteroatoms. The van der Waals surface area contributed by atoms with Crippen LogP contribution >= 0.6 is 0 Å².